The lowest BCUT2D eigenvalue weighted by Crippen LogP contribution is -2.50. The van der Waals surface area contributed by atoms with Crippen LogP contribution < -0.4 is 25.2 Å². The first-order valence-electron chi connectivity index (χ1n) is 21.6. The molecule has 14 nitrogen and oxygen atoms in total. The van der Waals surface area contributed by atoms with E-state index >= 15 is 0 Å². The number of hydrogen-bond donors (Lipinski definition) is 3. The fraction of sp³-hybridized carbons (Fsp3) is 0.404. The minimum atomic E-state index is -1.24. The highest BCUT2D eigenvalue weighted by Crippen LogP contribution is 2.38. The highest BCUT2D eigenvalue weighted by atomic mass is 32.1. The number of rotatable bonds is 15. The first-order valence-corrected chi connectivity index (χ1v) is 22.0. The Morgan fingerprint density at radius 2 is 1.61 bits per heavy atom. The molecule has 3 aliphatic rings. The number of nitrogens with zero attached hydrogens (tertiary/aromatic N) is 7. The van der Waals surface area contributed by atoms with Gasteiger partial charge in [0, 0.05) is 65.8 Å². The number of ether oxygens (including phenoxy) is 3. The second-order valence-electron chi connectivity index (χ2n) is 16.5. The van der Waals surface area contributed by atoms with E-state index in [-0.39, 0.29) is 43.9 Å². The highest BCUT2D eigenvalue weighted by molar-refractivity contribution is 7.80. The molecule has 3 fully saturated rings. The number of piperazine rings is 1. The average molecular weight is 899 g/mol. The summed E-state index contributed by atoms with van der Waals surface area (Å²) in [5.41, 5.74) is 6.22. The van der Waals surface area contributed by atoms with Crippen LogP contribution in [0.1, 0.15) is 62.4 Å². The fourth-order valence-corrected chi connectivity index (χ4v) is 8.78. The third kappa shape index (κ3) is 10.6. The van der Waals surface area contributed by atoms with Gasteiger partial charge in [0.2, 0.25) is 5.91 Å². The highest BCUT2D eigenvalue weighted by Gasteiger charge is 2.50. The van der Waals surface area contributed by atoms with E-state index in [1.54, 1.807) is 34.1 Å². The molecule has 340 valence electrons. The Morgan fingerprint density at radius 1 is 0.953 bits per heavy atom. The van der Waals surface area contributed by atoms with Crippen LogP contribution in [0.15, 0.2) is 109 Å². The minimum Gasteiger partial charge on any atom is -0.488 e. The number of primary amides is 1. The molecule has 3 amide bonds. The van der Waals surface area contributed by atoms with Gasteiger partial charge >= 0.3 is 6.03 Å². The van der Waals surface area contributed by atoms with Gasteiger partial charge in [-0.2, -0.15) is 5.10 Å². The molecule has 1 unspecified atom stereocenters. The SMILES string of the molecule is CCCCCC1(O)CN(c2ccc(N3CCN(c4ccc(OC[C@H]5OC[C@](Cn6cncn6)(c6ccc(F)cc6F)O5)cc4)CC3)cc2)C(=O)N1C(C)C.NC(=O)c1ccccc1S. The van der Waals surface area contributed by atoms with Crippen LogP contribution in [0.4, 0.5) is 30.6 Å². The topological polar surface area (TPSA) is 152 Å². The van der Waals surface area contributed by atoms with Crippen molar-refractivity contribution in [1.82, 2.24) is 19.7 Å². The van der Waals surface area contributed by atoms with E-state index < -0.39 is 35.2 Å². The number of thiol groups is 1. The van der Waals surface area contributed by atoms with Gasteiger partial charge in [-0.05, 0) is 93.4 Å². The van der Waals surface area contributed by atoms with Crippen LogP contribution in [0.25, 0.3) is 0 Å². The van der Waals surface area contributed by atoms with Gasteiger partial charge in [0.1, 0.15) is 42.2 Å². The molecule has 3 atom stereocenters. The number of carbonyl (C=O) groups excluding carboxylic acids is 2. The summed E-state index contributed by atoms with van der Waals surface area (Å²) in [5.74, 6) is -1.20. The number of benzene rings is 4. The van der Waals surface area contributed by atoms with Gasteiger partial charge in [-0.15, -0.1) is 12.6 Å². The number of unbranched alkanes of at least 4 members (excludes halogenated alkanes) is 2. The number of nitrogens with two attached hydrogens (primary N) is 1. The van der Waals surface area contributed by atoms with E-state index in [9.17, 15) is 23.5 Å². The molecule has 0 aliphatic carbocycles. The Kier molecular flexibility index (Phi) is 14.7. The number of anilines is 3. The lowest BCUT2D eigenvalue weighted by molar-refractivity contribution is -0.117. The predicted molar refractivity (Wildman–Crippen MR) is 243 cm³/mol. The van der Waals surface area contributed by atoms with Gasteiger partial charge < -0.3 is 34.9 Å². The molecule has 4 aromatic carbocycles. The molecule has 64 heavy (non-hydrogen) atoms. The van der Waals surface area contributed by atoms with Crippen LogP contribution in [0.5, 0.6) is 5.75 Å². The minimum absolute atomic E-state index is 0.0250. The zero-order chi connectivity index (χ0) is 45.4. The normalized spacial score (nSPS) is 21.1. The summed E-state index contributed by atoms with van der Waals surface area (Å²) in [4.78, 5) is 36.6. The second-order valence-corrected chi connectivity index (χ2v) is 17.0. The van der Waals surface area contributed by atoms with Crippen molar-refractivity contribution >= 4 is 41.6 Å². The molecule has 17 heteroatoms. The van der Waals surface area contributed by atoms with Crippen LogP contribution in [0.3, 0.4) is 0 Å². The van der Waals surface area contributed by atoms with Crippen LogP contribution in [-0.2, 0) is 21.6 Å². The van der Waals surface area contributed by atoms with Crippen LogP contribution in [0.2, 0.25) is 0 Å². The van der Waals surface area contributed by atoms with E-state index in [2.05, 4.69) is 51.6 Å². The van der Waals surface area contributed by atoms with Crippen molar-refractivity contribution in [1.29, 1.82) is 0 Å². The third-order valence-electron chi connectivity index (χ3n) is 11.7. The molecule has 0 spiro atoms. The molecule has 3 saturated heterocycles. The number of aromatic nitrogens is 3. The van der Waals surface area contributed by atoms with Gasteiger partial charge in [-0.25, -0.2) is 23.2 Å². The summed E-state index contributed by atoms with van der Waals surface area (Å²) in [6.07, 6.45) is 5.63. The van der Waals surface area contributed by atoms with Crippen molar-refractivity contribution in [2.45, 2.75) is 81.6 Å². The molecule has 0 bridgehead atoms. The molecule has 1 aromatic heterocycles. The van der Waals surface area contributed by atoms with E-state index in [4.69, 9.17) is 19.9 Å². The van der Waals surface area contributed by atoms with Gasteiger partial charge in [-0.3, -0.25) is 14.6 Å². The number of hydrogen-bond acceptors (Lipinski definition) is 11. The van der Waals surface area contributed by atoms with E-state index in [1.165, 1.54) is 29.5 Å². The van der Waals surface area contributed by atoms with E-state index in [0.29, 0.717) is 22.6 Å². The first-order chi connectivity index (χ1) is 30.8. The molecule has 3 N–H and O–H groups in total. The van der Waals surface area contributed by atoms with Crippen molar-refractivity contribution in [3.05, 3.63) is 126 Å². The molecule has 8 rings (SSSR count). The molecular formula is C47H56F2N8O6S. The number of β-amino-alcohol motifs (C(OH)–C–C–N with tert-alkyl or cyclic N) is 1. The summed E-state index contributed by atoms with van der Waals surface area (Å²) < 4.78 is 48.4. The zero-order valence-corrected chi connectivity index (χ0v) is 37.2. The van der Waals surface area contributed by atoms with E-state index in [1.807, 2.05) is 50.2 Å². The number of carbonyl (C=O) groups is 2. The Bertz CT molecular complexity index is 2330. The van der Waals surface area contributed by atoms with Gasteiger partial charge in [0.05, 0.1) is 25.3 Å². The predicted octanol–water partition coefficient (Wildman–Crippen LogP) is 7.22. The summed E-state index contributed by atoms with van der Waals surface area (Å²) in [7, 11) is 0. The zero-order valence-electron chi connectivity index (χ0n) is 36.4. The van der Waals surface area contributed by atoms with Crippen molar-refractivity contribution in [3.8, 4) is 5.75 Å². The maximum atomic E-state index is 14.9. The summed E-state index contributed by atoms with van der Waals surface area (Å²) in [5, 5.41) is 15.7. The van der Waals surface area contributed by atoms with Crippen molar-refractivity contribution < 1.29 is 37.7 Å². The second kappa shape index (κ2) is 20.4. The van der Waals surface area contributed by atoms with Crippen LogP contribution >= 0.6 is 12.6 Å². The van der Waals surface area contributed by atoms with Crippen molar-refractivity contribution in [2.75, 3.05) is 60.6 Å². The molecular weight excluding hydrogens is 843 g/mol. The van der Waals surface area contributed by atoms with Gasteiger partial charge in [0.15, 0.2) is 12.0 Å². The van der Waals surface area contributed by atoms with E-state index in [0.717, 1.165) is 68.6 Å². The molecule has 3 aliphatic heterocycles. The first kappa shape index (κ1) is 46.2. The van der Waals surface area contributed by atoms with Crippen LogP contribution in [0, 0.1) is 11.6 Å². The van der Waals surface area contributed by atoms with Gasteiger partial charge in [-0.1, -0.05) is 38.0 Å². The maximum Gasteiger partial charge on any atom is 0.327 e. The summed E-state index contributed by atoms with van der Waals surface area (Å²) >= 11 is 4.04. The van der Waals surface area contributed by atoms with Gasteiger partial charge in [0.25, 0.3) is 0 Å². The lowest BCUT2D eigenvalue weighted by atomic mass is 9.94. The Balaban J connectivity index is 0.000000541. The molecule has 5 aromatic rings. The molecule has 0 saturated carbocycles. The number of urea groups is 1. The largest absolute Gasteiger partial charge is 0.488 e. The molecule has 0 radical (unpaired) electrons. The quantitative estimate of drug-likeness (QED) is 0.0726. The average Bonchev–Trinajstić information content (AvgIpc) is 4.02. The standard InChI is InChI=1S/C40H49F2N7O5.C7H7NOS/c1-4-5-6-17-40(51)25-48(38(50)49(40)29(2)3)33-10-8-31(9-11-33)45-18-20-46(21-19-45)32-12-14-34(15-13-32)52-23-37-53-26-39(54-37,24-47-28-43-27-44-47)35-16-7-30(41)22-36(35)42;8-7(9)5-3-1-2-4-6(5)10/h7-16,22,27-29,37,51H,4-6,17-21,23-26H2,1-3H3;1-4,10H,(H2,8,9)/t37-,39+,40?;/m0./s1. The lowest BCUT2D eigenvalue weighted by Gasteiger charge is -2.37. The monoisotopic (exact) mass is 898 g/mol. The number of halogens is 2. The Labute approximate surface area is 377 Å². The van der Waals surface area contributed by atoms with Crippen LogP contribution in [-0.4, -0.2) is 101 Å². The van der Waals surface area contributed by atoms with Crippen molar-refractivity contribution in [3.63, 3.8) is 0 Å². The maximum absolute atomic E-state index is 14.9. The number of aliphatic hydroxyl groups is 1. The molecule has 4 heterocycles. The fourth-order valence-electron chi connectivity index (χ4n) is 8.51. The van der Waals surface area contributed by atoms with Crippen molar-refractivity contribution in [2.24, 2.45) is 5.73 Å². The smallest absolute Gasteiger partial charge is 0.327 e. The number of amides is 3. The Hall–Kier alpha value is -5.75. The third-order valence-corrected chi connectivity index (χ3v) is 12.1. The summed E-state index contributed by atoms with van der Waals surface area (Å²) in [6, 6.07) is 26.0. The Morgan fingerprint density at radius 3 is 2.19 bits per heavy atom. The summed E-state index contributed by atoms with van der Waals surface area (Å²) in [6.45, 7) is 9.86.